The van der Waals surface area contributed by atoms with Gasteiger partial charge in [-0.2, -0.15) is 0 Å². The molecule has 0 aliphatic heterocycles. The van der Waals surface area contributed by atoms with Gasteiger partial charge in [0, 0.05) is 51.4 Å². The molecule has 3 atom stereocenters. The molecule has 0 rings (SSSR count). The van der Waals surface area contributed by atoms with Crippen LogP contribution >= 0.6 is 0 Å². The van der Waals surface area contributed by atoms with Crippen molar-refractivity contribution in [1.82, 2.24) is 0 Å². The highest BCUT2D eigenvalue weighted by Crippen LogP contribution is 2.62. The summed E-state index contributed by atoms with van der Waals surface area (Å²) in [4.78, 5) is 0. The highest BCUT2D eigenvalue weighted by atomic mass is 14.6. The number of hydrogen-bond donors (Lipinski definition) is 0. The maximum absolute atomic E-state index is 7.17. The van der Waals surface area contributed by atoms with Gasteiger partial charge in [-0.05, 0) is 57.8 Å². The molecule has 0 radical (unpaired) electrons. The first-order chi connectivity index (χ1) is 30.0. The fourth-order valence-electron chi connectivity index (χ4n) is 9.04. The Kier molecular flexibility index (Phi) is 40.1. The molecule has 0 spiro atoms. The predicted octanol–water partition coefficient (Wildman–Crippen LogP) is 18.2. The van der Waals surface area contributed by atoms with Gasteiger partial charge in [0.25, 0.3) is 0 Å². The summed E-state index contributed by atoms with van der Waals surface area (Å²) in [5.74, 6) is 40.7. The molecule has 0 heteroatoms. The van der Waals surface area contributed by atoms with Crippen LogP contribution < -0.4 is 0 Å². The smallest absolute Gasteiger partial charge is 0.0663 e. The Hall–Kier alpha value is -3.08. The first-order valence-electron chi connectivity index (χ1n) is 26.2. The second-order valence-corrected chi connectivity index (χ2v) is 18.2. The van der Waals surface area contributed by atoms with Crippen molar-refractivity contribution < 1.29 is 0 Å². The summed E-state index contributed by atoms with van der Waals surface area (Å²) >= 11 is 0. The Morgan fingerprint density at radius 3 is 1.13 bits per heavy atom. The molecular formula is C61H96. The number of rotatable bonds is 37. The van der Waals surface area contributed by atoms with Crippen LogP contribution in [0.3, 0.4) is 0 Å². The van der Waals surface area contributed by atoms with E-state index in [1.54, 1.807) is 0 Å². The lowest BCUT2D eigenvalue weighted by Crippen LogP contribution is -2.52. The molecule has 0 aliphatic carbocycles. The van der Waals surface area contributed by atoms with Crippen LogP contribution in [-0.4, -0.2) is 0 Å². The zero-order valence-corrected chi connectivity index (χ0v) is 41.3. The van der Waals surface area contributed by atoms with Crippen LogP contribution in [0.5, 0.6) is 0 Å². The zero-order valence-electron chi connectivity index (χ0n) is 41.3. The number of terminal acetylenes is 3. The monoisotopic (exact) mass is 829 g/mol. The minimum Gasteiger partial charge on any atom is -0.120 e. The van der Waals surface area contributed by atoms with Crippen molar-refractivity contribution >= 4 is 0 Å². The van der Waals surface area contributed by atoms with Gasteiger partial charge >= 0.3 is 0 Å². The molecule has 3 unspecified atom stereocenters. The molecule has 0 heterocycles. The molecule has 0 aliphatic rings. The Balaban J connectivity index is 8.18. The average Bonchev–Trinajstić information content (AvgIpc) is 3.27. The lowest BCUT2D eigenvalue weighted by atomic mass is 9.45. The van der Waals surface area contributed by atoms with E-state index < -0.39 is 16.2 Å². The third kappa shape index (κ3) is 26.2. The molecule has 340 valence electrons. The molecule has 61 heavy (non-hydrogen) atoms. The van der Waals surface area contributed by atoms with Crippen LogP contribution in [0.1, 0.15) is 285 Å². The highest BCUT2D eigenvalue weighted by Gasteiger charge is 2.60. The maximum atomic E-state index is 7.17. The summed E-state index contributed by atoms with van der Waals surface area (Å²) in [6.07, 6.45) is 61.2. The van der Waals surface area contributed by atoms with E-state index in [2.05, 4.69) is 99.7 Å². The number of unbranched alkanes of at least 4 members (excludes halogenated alkanes) is 27. The maximum Gasteiger partial charge on any atom is 0.0663 e. The van der Waals surface area contributed by atoms with Crippen molar-refractivity contribution in [2.45, 2.75) is 285 Å². The summed E-state index contributed by atoms with van der Waals surface area (Å²) in [6.45, 7) is 11.5. The van der Waals surface area contributed by atoms with Gasteiger partial charge in [0.15, 0.2) is 0 Å². The topological polar surface area (TPSA) is 0 Å². The van der Waals surface area contributed by atoms with E-state index in [0.717, 1.165) is 148 Å². The van der Waals surface area contributed by atoms with E-state index in [-0.39, 0.29) is 0 Å². The molecule has 0 saturated heterocycles. The molecule has 0 bridgehead atoms. The van der Waals surface area contributed by atoms with E-state index in [0.29, 0.717) is 6.42 Å². The highest BCUT2D eigenvalue weighted by molar-refractivity contribution is 5.38. The van der Waals surface area contributed by atoms with Gasteiger partial charge in [-0.1, -0.05) is 194 Å². The first kappa shape index (κ1) is 57.9. The Bertz CT molecular complexity index is 1420. The second kappa shape index (κ2) is 42.2. The summed E-state index contributed by atoms with van der Waals surface area (Å²) < 4.78 is 0. The molecule has 0 saturated carbocycles. The Morgan fingerprint density at radius 2 is 0.623 bits per heavy atom. The molecule has 0 nitrogen and oxygen atoms in total. The summed E-state index contributed by atoms with van der Waals surface area (Å²) in [7, 11) is 0. The van der Waals surface area contributed by atoms with Gasteiger partial charge in [-0.25, -0.2) is 0 Å². The van der Waals surface area contributed by atoms with E-state index in [1.165, 1.54) is 96.3 Å². The standard InChI is InChI=1S/C61H96/c1-9-17-24-30-36-41-46-52-59(16-8,53-47-42-37-31-25-18-10-2)61(57-50-43-35-29-22-14-6,58-51-44-38-32-26-19-11-3)60(54-45-23-15-7,55-48-39-33-27-20-12-4)56-49-40-34-28-21-13-5/h1,6,8H,10-13,15,17-39,41,43-46,50,52-54,56-57H2,2-5,7H3. The van der Waals surface area contributed by atoms with Crippen LogP contribution in [-0.2, 0) is 0 Å². The van der Waals surface area contributed by atoms with Crippen molar-refractivity contribution in [3.05, 3.63) is 0 Å². The van der Waals surface area contributed by atoms with Crippen LogP contribution in [0, 0.1) is 101 Å². The van der Waals surface area contributed by atoms with Gasteiger partial charge in [0.1, 0.15) is 0 Å². The predicted molar refractivity (Wildman–Crippen MR) is 273 cm³/mol. The lowest BCUT2D eigenvalue weighted by Gasteiger charge is -2.54. The van der Waals surface area contributed by atoms with Crippen LogP contribution in [0.25, 0.3) is 0 Å². The molecule has 0 aromatic heterocycles. The average molecular weight is 829 g/mol. The minimum atomic E-state index is -0.552. The normalized spacial score (nSPS) is 13.4. The Morgan fingerprint density at radius 1 is 0.295 bits per heavy atom. The van der Waals surface area contributed by atoms with Crippen molar-refractivity contribution in [2.75, 3.05) is 0 Å². The van der Waals surface area contributed by atoms with Crippen molar-refractivity contribution in [2.24, 2.45) is 16.2 Å². The molecule has 0 fully saturated rings. The van der Waals surface area contributed by atoms with Crippen molar-refractivity contribution in [1.29, 1.82) is 0 Å². The van der Waals surface area contributed by atoms with Crippen LogP contribution in [0.2, 0.25) is 0 Å². The first-order valence-corrected chi connectivity index (χ1v) is 26.2. The summed E-state index contributed by atoms with van der Waals surface area (Å²) in [6, 6.07) is 0. The quantitative estimate of drug-likeness (QED) is 0.0432. The second-order valence-electron chi connectivity index (χ2n) is 18.2. The lowest BCUT2D eigenvalue weighted by molar-refractivity contribution is 0.0117. The molecule has 0 aromatic rings. The third-order valence-electron chi connectivity index (χ3n) is 12.9. The Labute approximate surface area is 384 Å². The van der Waals surface area contributed by atoms with Crippen molar-refractivity contribution in [3.8, 4) is 84.4 Å². The zero-order chi connectivity index (χ0) is 44.9. The van der Waals surface area contributed by atoms with Crippen LogP contribution in [0.15, 0.2) is 0 Å². The summed E-state index contributed by atoms with van der Waals surface area (Å²) in [5.41, 5.74) is -1.56. The molecular weight excluding hydrogens is 733 g/mol. The summed E-state index contributed by atoms with van der Waals surface area (Å²) in [5, 5.41) is 0. The number of hydrogen-bond acceptors (Lipinski definition) is 0. The molecule has 0 amide bonds. The largest absolute Gasteiger partial charge is 0.120 e. The molecule has 0 N–H and O–H groups in total. The minimum absolute atomic E-state index is 0.458. The molecule has 0 aromatic carbocycles. The third-order valence-corrected chi connectivity index (χ3v) is 12.9. The van der Waals surface area contributed by atoms with E-state index in [1.807, 2.05) is 0 Å². The fraction of sp³-hybridized carbons (Fsp3) is 0.770. The fourth-order valence-corrected chi connectivity index (χ4v) is 9.04. The van der Waals surface area contributed by atoms with E-state index >= 15 is 0 Å². The van der Waals surface area contributed by atoms with Gasteiger partial charge in [0.05, 0.1) is 16.2 Å². The van der Waals surface area contributed by atoms with E-state index in [9.17, 15) is 0 Å². The van der Waals surface area contributed by atoms with Crippen molar-refractivity contribution in [3.63, 3.8) is 0 Å². The van der Waals surface area contributed by atoms with Gasteiger partial charge in [-0.15, -0.1) is 66.6 Å². The SMILES string of the molecule is C#CCCCCCCCC(C#C)(CC#CCCCCCC)C(C#CCCCCCCC)(CCCCCCC#C)C(C#CCCCCCC)(CC#CCCCCC)CCCCC. The van der Waals surface area contributed by atoms with Crippen LogP contribution in [0.4, 0.5) is 0 Å². The van der Waals surface area contributed by atoms with Gasteiger partial charge in [-0.3, -0.25) is 0 Å². The van der Waals surface area contributed by atoms with Gasteiger partial charge < -0.3 is 0 Å². The van der Waals surface area contributed by atoms with Gasteiger partial charge in [0.2, 0.25) is 0 Å². The van der Waals surface area contributed by atoms with E-state index in [4.69, 9.17) is 19.3 Å².